The Morgan fingerprint density at radius 1 is 1.16 bits per heavy atom. The Kier molecular flexibility index (Phi) is 8.51. The number of nitrogens with one attached hydrogen (secondary N) is 1. The molecule has 38 heavy (non-hydrogen) atoms. The highest BCUT2D eigenvalue weighted by Crippen LogP contribution is 2.32. The number of esters is 1. The zero-order valence-electron chi connectivity index (χ0n) is 22.3. The number of rotatable bonds is 9. The van der Waals surface area contributed by atoms with Crippen molar-refractivity contribution in [3.63, 3.8) is 0 Å². The van der Waals surface area contributed by atoms with Gasteiger partial charge in [-0.15, -0.1) is 0 Å². The Bertz CT molecular complexity index is 1270. The maximum Gasteiger partial charge on any atom is 0.306 e. The second-order valence-corrected chi connectivity index (χ2v) is 10.7. The molecule has 3 aromatic rings. The molecule has 0 spiro atoms. The molecular formula is C31H38N4O3. The predicted molar refractivity (Wildman–Crippen MR) is 149 cm³/mol. The monoisotopic (exact) mass is 514 g/mol. The molecule has 2 aromatic heterocycles. The van der Waals surface area contributed by atoms with E-state index in [0.717, 1.165) is 86.1 Å². The van der Waals surface area contributed by atoms with E-state index in [1.54, 1.807) is 0 Å². The molecule has 1 amide bonds. The van der Waals surface area contributed by atoms with Crippen molar-refractivity contribution in [2.75, 3.05) is 32.1 Å². The first-order valence-electron chi connectivity index (χ1n) is 14.0. The number of ether oxygens (including phenoxy) is 1. The quantitative estimate of drug-likeness (QED) is 0.391. The van der Waals surface area contributed by atoms with Gasteiger partial charge in [0, 0.05) is 43.3 Å². The summed E-state index contributed by atoms with van der Waals surface area (Å²) in [6.07, 6.45) is 9.64. The number of piperidine rings is 1. The van der Waals surface area contributed by atoms with E-state index in [4.69, 9.17) is 9.72 Å². The molecule has 1 unspecified atom stereocenters. The minimum Gasteiger partial charge on any atom is -0.469 e. The Hall–Kier alpha value is -3.48. The molecule has 7 heteroatoms. The van der Waals surface area contributed by atoms with Crippen LogP contribution in [0.4, 0.5) is 5.82 Å². The standard InChI is InChI=1S/C31H38N4O3/c1-38-30(37)20-24(26-19-25-5-2-3-7-28(25)33-21-26)9-8-22-14-17-35(18-15-22)29(36)13-12-27-11-10-23-6-4-16-32-31(23)34-27/h2-3,5,7,10-11,19,21-22,24H,4,6,8-9,12-18,20H2,1H3,(H,32,34). The largest absolute Gasteiger partial charge is 0.469 e. The van der Waals surface area contributed by atoms with Gasteiger partial charge in [-0.3, -0.25) is 14.6 Å². The van der Waals surface area contributed by atoms with E-state index < -0.39 is 0 Å². The molecule has 4 heterocycles. The number of para-hydroxylation sites is 1. The van der Waals surface area contributed by atoms with E-state index in [1.807, 2.05) is 29.3 Å². The van der Waals surface area contributed by atoms with Crippen molar-refractivity contribution < 1.29 is 14.3 Å². The number of benzene rings is 1. The summed E-state index contributed by atoms with van der Waals surface area (Å²) in [6, 6.07) is 14.4. The second kappa shape index (κ2) is 12.4. The SMILES string of the molecule is COC(=O)CC(CCC1CCN(C(=O)CCc2ccc3c(n2)NCCC3)CC1)c1cnc2ccccc2c1. The minimum absolute atomic E-state index is 0.0813. The van der Waals surface area contributed by atoms with Gasteiger partial charge in [-0.1, -0.05) is 24.3 Å². The Morgan fingerprint density at radius 3 is 2.84 bits per heavy atom. The van der Waals surface area contributed by atoms with Crippen molar-refractivity contribution in [1.82, 2.24) is 14.9 Å². The maximum absolute atomic E-state index is 12.9. The number of hydrogen-bond acceptors (Lipinski definition) is 6. The van der Waals surface area contributed by atoms with Crippen LogP contribution in [0, 0.1) is 5.92 Å². The third-order valence-electron chi connectivity index (χ3n) is 8.16. The van der Waals surface area contributed by atoms with Crippen molar-refractivity contribution in [3.05, 3.63) is 65.5 Å². The summed E-state index contributed by atoms with van der Waals surface area (Å²) in [5.74, 6) is 1.67. The number of pyridine rings is 2. The van der Waals surface area contributed by atoms with Gasteiger partial charge in [0.05, 0.1) is 19.0 Å². The molecule has 1 fully saturated rings. The number of aryl methyl sites for hydroxylation is 2. The van der Waals surface area contributed by atoms with Crippen LogP contribution >= 0.6 is 0 Å². The number of aromatic nitrogens is 2. The average Bonchev–Trinajstić information content (AvgIpc) is 2.97. The summed E-state index contributed by atoms with van der Waals surface area (Å²) in [5, 5.41) is 4.47. The normalized spacial score (nSPS) is 16.5. The zero-order valence-corrected chi connectivity index (χ0v) is 22.3. The van der Waals surface area contributed by atoms with Crippen LogP contribution < -0.4 is 5.32 Å². The highest BCUT2D eigenvalue weighted by atomic mass is 16.5. The van der Waals surface area contributed by atoms with Crippen LogP contribution in [0.25, 0.3) is 10.9 Å². The summed E-state index contributed by atoms with van der Waals surface area (Å²) in [7, 11) is 1.45. The fraction of sp³-hybridized carbons (Fsp3) is 0.484. The summed E-state index contributed by atoms with van der Waals surface area (Å²) in [4.78, 5) is 36.4. The van der Waals surface area contributed by atoms with Gasteiger partial charge in [0.1, 0.15) is 5.82 Å². The van der Waals surface area contributed by atoms with Crippen LogP contribution in [-0.2, 0) is 27.2 Å². The minimum atomic E-state index is -0.187. The number of carbonyl (C=O) groups is 2. The molecule has 1 atom stereocenters. The van der Waals surface area contributed by atoms with Crippen LogP contribution in [0.5, 0.6) is 0 Å². The molecular weight excluding hydrogens is 476 g/mol. The number of amides is 1. The van der Waals surface area contributed by atoms with E-state index >= 15 is 0 Å². The lowest BCUT2D eigenvalue weighted by molar-refractivity contribution is -0.141. The lowest BCUT2D eigenvalue weighted by atomic mass is 9.85. The molecule has 1 aromatic carbocycles. The first-order chi connectivity index (χ1) is 18.6. The van der Waals surface area contributed by atoms with Crippen molar-refractivity contribution in [2.24, 2.45) is 5.92 Å². The third-order valence-corrected chi connectivity index (χ3v) is 8.16. The van der Waals surface area contributed by atoms with Crippen LogP contribution in [0.1, 0.15) is 67.7 Å². The number of fused-ring (bicyclic) bond motifs is 2. The fourth-order valence-corrected chi connectivity index (χ4v) is 5.79. The number of nitrogens with zero attached hydrogens (tertiary/aromatic N) is 3. The van der Waals surface area contributed by atoms with Gasteiger partial charge in [0.15, 0.2) is 0 Å². The molecule has 0 bridgehead atoms. The molecule has 2 aliphatic rings. The molecule has 7 nitrogen and oxygen atoms in total. The molecule has 2 aliphatic heterocycles. The third kappa shape index (κ3) is 6.50. The van der Waals surface area contributed by atoms with Crippen LogP contribution in [0.15, 0.2) is 48.7 Å². The number of likely N-dealkylation sites (tertiary alicyclic amines) is 1. The smallest absolute Gasteiger partial charge is 0.306 e. The topological polar surface area (TPSA) is 84.4 Å². The first-order valence-corrected chi connectivity index (χ1v) is 14.0. The van der Waals surface area contributed by atoms with Crippen molar-refractivity contribution in [3.8, 4) is 0 Å². The summed E-state index contributed by atoms with van der Waals surface area (Å²) in [6.45, 7) is 2.59. The summed E-state index contributed by atoms with van der Waals surface area (Å²) >= 11 is 0. The van der Waals surface area contributed by atoms with Crippen LogP contribution in [-0.4, -0.2) is 53.5 Å². The average molecular weight is 515 g/mol. The van der Waals surface area contributed by atoms with Crippen LogP contribution in [0.2, 0.25) is 0 Å². The molecule has 5 rings (SSSR count). The lowest BCUT2D eigenvalue weighted by Crippen LogP contribution is -2.38. The van der Waals surface area contributed by atoms with Gasteiger partial charge < -0.3 is 15.0 Å². The van der Waals surface area contributed by atoms with E-state index in [2.05, 4.69) is 34.6 Å². The molecule has 200 valence electrons. The van der Waals surface area contributed by atoms with Gasteiger partial charge in [-0.2, -0.15) is 0 Å². The summed E-state index contributed by atoms with van der Waals surface area (Å²) in [5.41, 5.74) is 4.32. The number of hydrogen-bond donors (Lipinski definition) is 1. The first kappa shape index (κ1) is 26.1. The van der Waals surface area contributed by atoms with E-state index in [1.165, 1.54) is 12.7 Å². The number of carbonyl (C=O) groups excluding carboxylic acids is 2. The van der Waals surface area contributed by atoms with Gasteiger partial charge in [-0.25, -0.2) is 4.98 Å². The molecule has 0 saturated carbocycles. The number of anilines is 1. The van der Waals surface area contributed by atoms with Crippen LogP contribution in [0.3, 0.4) is 0 Å². The van der Waals surface area contributed by atoms with E-state index in [9.17, 15) is 9.59 Å². The lowest BCUT2D eigenvalue weighted by Gasteiger charge is -2.33. The number of methoxy groups -OCH3 is 1. The van der Waals surface area contributed by atoms with E-state index in [-0.39, 0.29) is 17.8 Å². The zero-order chi connectivity index (χ0) is 26.3. The van der Waals surface area contributed by atoms with Gasteiger partial charge in [0.2, 0.25) is 5.91 Å². The van der Waals surface area contributed by atoms with Gasteiger partial charge in [0.25, 0.3) is 0 Å². The summed E-state index contributed by atoms with van der Waals surface area (Å²) < 4.78 is 4.99. The van der Waals surface area contributed by atoms with Gasteiger partial charge in [-0.05, 0) is 86.1 Å². The van der Waals surface area contributed by atoms with Gasteiger partial charge >= 0.3 is 5.97 Å². The van der Waals surface area contributed by atoms with Crippen molar-refractivity contribution in [1.29, 1.82) is 0 Å². The Morgan fingerprint density at radius 2 is 2.00 bits per heavy atom. The molecule has 0 radical (unpaired) electrons. The van der Waals surface area contributed by atoms with Crippen molar-refractivity contribution >= 4 is 28.6 Å². The Balaban J connectivity index is 1.11. The molecule has 1 N–H and O–H groups in total. The fourth-order valence-electron chi connectivity index (χ4n) is 5.79. The molecule has 1 saturated heterocycles. The Labute approximate surface area is 225 Å². The maximum atomic E-state index is 12.9. The van der Waals surface area contributed by atoms with Crippen molar-refractivity contribution in [2.45, 2.75) is 63.7 Å². The highest BCUT2D eigenvalue weighted by Gasteiger charge is 2.25. The molecule has 0 aliphatic carbocycles. The second-order valence-electron chi connectivity index (χ2n) is 10.7. The highest BCUT2D eigenvalue weighted by molar-refractivity contribution is 5.79. The predicted octanol–water partition coefficient (Wildman–Crippen LogP) is 5.29. The van der Waals surface area contributed by atoms with E-state index in [0.29, 0.717) is 25.2 Å².